The molecule has 1 N–H and O–H groups in total. The first-order valence-corrected chi connectivity index (χ1v) is 5.11. The van der Waals surface area contributed by atoms with Crippen LogP contribution in [0.25, 0.3) is 0 Å². The highest BCUT2D eigenvalue weighted by atomic mass is 16.7. The molecule has 1 fully saturated rings. The minimum atomic E-state index is 0.464. The van der Waals surface area contributed by atoms with Crippen molar-refractivity contribution in [3.8, 4) is 0 Å². The summed E-state index contributed by atoms with van der Waals surface area (Å²) in [4.78, 5) is 5.58. The standard InChI is InChI=1S/C10H21NO/c1-8(2)9(3)11-12-10-6-4-5-7-10/h8-11H,4-7H2,1-3H3. The Balaban J connectivity index is 2.07. The van der Waals surface area contributed by atoms with Crippen LogP contribution in [0.5, 0.6) is 0 Å². The molecule has 1 atom stereocenters. The summed E-state index contributed by atoms with van der Waals surface area (Å²) >= 11 is 0. The van der Waals surface area contributed by atoms with Crippen LogP contribution in [0, 0.1) is 5.92 Å². The third-order valence-corrected chi connectivity index (χ3v) is 2.72. The number of nitrogens with one attached hydrogen (secondary N) is 1. The Kier molecular flexibility index (Phi) is 4.02. The molecule has 0 aromatic carbocycles. The van der Waals surface area contributed by atoms with Gasteiger partial charge in [-0.05, 0) is 25.7 Å². The van der Waals surface area contributed by atoms with E-state index in [-0.39, 0.29) is 0 Å². The van der Waals surface area contributed by atoms with E-state index in [0.29, 0.717) is 18.1 Å². The Morgan fingerprint density at radius 2 is 1.75 bits per heavy atom. The smallest absolute Gasteiger partial charge is 0.0790 e. The van der Waals surface area contributed by atoms with Gasteiger partial charge in [-0.1, -0.05) is 26.7 Å². The quantitative estimate of drug-likeness (QED) is 0.656. The molecule has 0 saturated heterocycles. The first-order valence-electron chi connectivity index (χ1n) is 5.11. The van der Waals surface area contributed by atoms with E-state index in [1.54, 1.807) is 0 Å². The van der Waals surface area contributed by atoms with Crippen LogP contribution >= 0.6 is 0 Å². The van der Waals surface area contributed by atoms with E-state index >= 15 is 0 Å². The first-order chi connectivity index (χ1) is 5.70. The molecule has 1 aliphatic carbocycles. The summed E-state index contributed by atoms with van der Waals surface area (Å²) < 4.78 is 0. The molecule has 0 radical (unpaired) electrons. The molecule has 0 spiro atoms. The van der Waals surface area contributed by atoms with E-state index in [4.69, 9.17) is 4.84 Å². The highest BCUT2D eigenvalue weighted by molar-refractivity contribution is 4.67. The van der Waals surface area contributed by atoms with E-state index in [2.05, 4.69) is 26.3 Å². The Bertz CT molecular complexity index is 117. The van der Waals surface area contributed by atoms with Gasteiger partial charge >= 0.3 is 0 Å². The van der Waals surface area contributed by atoms with E-state index in [0.717, 1.165) is 0 Å². The number of hydrogen-bond donors (Lipinski definition) is 1. The van der Waals surface area contributed by atoms with Gasteiger partial charge in [0.2, 0.25) is 0 Å². The predicted octanol–water partition coefficient (Wildman–Crippen LogP) is 2.49. The SMILES string of the molecule is CC(C)C(C)NOC1CCCC1. The van der Waals surface area contributed by atoms with Crippen molar-refractivity contribution < 1.29 is 4.84 Å². The van der Waals surface area contributed by atoms with Crippen LogP contribution in [0.15, 0.2) is 0 Å². The van der Waals surface area contributed by atoms with Crippen molar-refractivity contribution in [2.24, 2.45) is 5.92 Å². The summed E-state index contributed by atoms with van der Waals surface area (Å²) in [6, 6.07) is 0.464. The fraction of sp³-hybridized carbons (Fsp3) is 1.00. The van der Waals surface area contributed by atoms with Gasteiger partial charge in [-0.25, -0.2) is 0 Å². The lowest BCUT2D eigenvalue weighted by Gasteiger charge is -2.19. The molecule has 0 bridgehead atoms. The van der Waals surface area contributed by atoms with Crippen molar-refractivity contribution in [3.05, 3.63) is 0 Å². The normalized spacial score (nSPS) is 22.0. The lowest BCUT2D eigenvalue weighted by atomic mass is 10.1. The van der Waals surface area contributed by atoms with E-state index in [1.807, 2.05) is 0 Å². The minimum Gasteiger partial charge on any atom is -0.298 e. The van der Waals surface area contributed by atoms with Crippen LogP contribution < -0.4 is 5.48 Å². The zero-order valence-corrected chi connectivity index (χ0v) is 8.47. The van der Waals surface area contributed by atoms with Crippen molar-refractivity contribution in [2.45, 2.75) is 58.6 Å². The summed E-state index contributed by atoms with van der Waals surface area (Å²) in [6.07, 6.45) is 5.62. The molecular formula is C10H21NO. The third kappa shape index (κ3) is 3.11. The highest BCUT2D eigenvalue weighted by Gasteiger charge is 2.17. The van der Waals surface area contributed by atoms with E-state index in [1.165, 1.54) is 25.7 Å². The van der Waals surface area contributed by atoms with Gasteiger partial charge in [-0.15, -0.1) is 0 Å². The molecule has 0 aliphatic heterocycles. The second kappa shape index (κ2) is 4.83. The predicted molar refractivity (Wildman–Crippen MR) is 50.8 cm³/mol. The first kappa shape index (κ1) is 10.0. The molecule has 1 saturated carbocycles. The zero-order chi connectivity index (χ0) is 8.97. The van der Waals surface area contributed by atoms with Gasteiger partial charge < -0.3 is 0 Å². The third-order valence-electron chi connectivity index (χ3n) is 2.72. The molecule has 0 amide bonds. The molecule has 1 unspecified atom stereocenters. The van der Waals surface area contributed by atoms with Crippen LogP contribution in [0.1, 0.15) is 46.5 Å². The average molecular weight is 171 g/mol. The van der Waals surface area contributed by atoms with Crippen LogP contribution in [0.4, 0.5) is 0 Å². The minimum absolute atomic E-state index is 0.464. The monoisotopic (exact) mass is 171 g/mol. The summed E-state index contributed by atoms with van der Waals surface area (Å²) in [5.41, 5.74) is 3.12. The van der Waals surface area contributed by atoms with Gasteiger partial charge in [0.1, 0.15) is 0 Å². The van der Waals surface area contributed by atoms with Crippen molar-refractivity contribution in [2.75, 3.05) is 0 Å². The molecule has 2 heteroatoms. The molecule has 0 aromatic heterocycles. The molecule has 0 aromatic rings. The molecular weight excluding hydrogens is 150 g/mol. The number of hydroxylamine groups is 1. The maximum Gasteiger partial charge on any atom is 0.0790 e. The van der Waals surface area contributed by atoms with Crippen LogP contribution in [0.3, 0.4) is 0 Å². The Morgan fingerprint density at radius 3 is 2.25 bits per heavy atom. The van der Waals surface area contributed by atoms with Crippen molar-refractivity contribution in [3.63, 3.8) is 0 Å². The van der Waals surface area contributed by atoms with Gasteiger partial charge in [0.25, 0.3) is 0 Å². The summed E-state index contributed by atoms with van der Waals surface area (Å²) in [7, 11) is 0. The van der Waals surface area contributed by atoms with Gasteiger partial charge in [-0.2, -0.15) is 5.48 Å². The van der Waals surface area contributed by atoms with Crippen LogP contribution in [-0.4, -0.2) is 12.1 Å². The molecule has 2 nitrogen and oxygen atoms in total. The van der Waals surface area contributed by atoms with E-state index in [9.17, 15) is 0 Å². The molecule has 12 heavy (non-hydrogen) atoms. The molecule has 1 aliphatic rings. The van der Waals surface area contributed by atoms with Crippen molar-refractivity contribution in [1.29, 1.82) is 0 Å². The maximum absolute atomic E-state index is 5.58. The summed E-state index contributed by atoms with van der Waals surface area (Å²) in [5, 5.41) is 0. The van der Waals surface area contributed by atoms with Crippen molar-refractivity contribution in [1.82, 2.24) is 5.48 Å². The van der Waals surface area contributed by atoms with Gasteiger partial charge in [0, 0.05) is 6.04 Å². The van der Waals surface area contributed by atoms with E-state index < -0.39 is 0 Å². The lowest BCUT2D eigenvalue weighted by Crippen LogP contribution is -2.33. The van der Waals surface area contributed by atoms with Crippen molar-refractivity contribution >= 4 is 0 Å². The Hall–Kier alpha value is -0.0800. The lowest BCUT2D eigenvalue weighted by molar-refractivity contribution is -0.0444. The fourth-order valence-corrected chi connectivity index (χ4v) is 1.35. The Labute approximate surface area is 75.6 Å². The second-order valence-electron chi connectivity index (χ2n) is 4.17. The zero-order valence-electron chi connectivity index (χ0n) is 8.47. The summed E-state index contributed by atoms with van der Waals surface area (Å²) in [5.74, 6) is 0.645. The van der Waals surface area contributed by atoms with Gasteiger partial charge in [0.15, 0.2) is 0 Å². The van der Waals surface area contributed by atoms with Gasteiger partial charge in [0.05, 0.1) is 6.10 Å². The Morgan fingerprint density at radius 1 is 1.17 bits per heavy atom. The average Bonchev–Trinajstić information content (AvgIpc) is 2.51. The fourth-order valence-electron chi connectivity index (χ4n) is 1.35. The molecule has 72 valence electrons. The maximum atomic E-state index is 5.58. The number of hydrogen-bond acceptors (Lipinski definition) is 2. The summed E-state index contributed by atoms with van der Waals surface area (Å²) in [6.45, 7) is 6.57. The van der Waals surface area contributed by atoms with Gasteiger partial charge in [-0.3, -0.25) is 4.84 Å². The number of rotatable bonds is 4. The molecule has 0 heterocycles. The largest absolute Gasteiger partial charge is 0.298 e. The van der Waals surface area contributed by atoms with Crippen LogP contribution in [-0.2, 0) is 4.84 Å². The van der Waals surface area contributed by atoms with Crippen LogP contribution in [0.2, 0.25) is 0 Å². The second-order valence-corrected chi connectivity index (χ2v) is 4.17. The molecule has 1 rings (SSSR count). The highest BCUT2D eigenvalue weighted by Crippen LogP contribution is 2.20. The topological polar surface area (TPSA) is 21.3 Å².